The van der Waals surface area contributed by atoms with Gasteiger partial charge in [-0.05, 0) is 31.5 Å². The number of ether oxygens (including phenoxy) is 4. The Labute approximate surface area is 142 Å². The third-order valence-corrected chi connectivity index (χ3v) is 3.58. The smallest absolute Gasteiger partial charge is 0.342 e. The van der Waals surface area contributed by atoms with Crippen molar-refractivity contribution in [1.29, 1.82) is 0 Å². The zero-order chi connectivity index (χ0) is 17.7. The Balaban J connectivity index is 2.23. The Kier molecular flexibility index (Phi) is 5.68. The first-order valence-corrected chi connectivity index (χ1v) is 7.53. The Morgan fingerprint density at radius 1 is 0.875 bits per heavy atom. The summed E-state index contributed by atoms with van der Waals surface area (Å²) >= 11 is 0. The van der Waals surface area contributed by atoms with Crippen LogP contribution in [0.2, 0.25) is 0 Å². The lowest BCUT2D eigenvalue weighted by atomic mass is 10.1. The van der Waals surface area contributed by atoms with Gasteiger partial charge in [-0.1, -0.05) is 29.3 Å². The van der Waals surface area contributed by atoms with Gasteiger partial charge in [0, 0.05) is 0 Å². The SMILES string of the molecule is COc1ccc(C(=O)OCc2cc(C)cc(C)c2)c(OC)c1OC. The van der Waals surface area contributed by atoms with Gasteiger partial charge in [-0.15, -0.1) is 0 Å². The van der Waals surface area contributed by atoms with Gasteiger partial charge in [0.2, 0.25) is 5.75 Å². The second-order valence-electron chi connectivity index (χ2n) is 5.45. The normalized spacial score (nSPS) is 10.2. The summed E-state index contributed by atoms with van der Waals surface area (Å²) in [6, 6.07) is 9.31. The van der Waals surface area contributed by atoms with Crippen LogP contribution < -0.4 is 14.2 Å². The van der Waals surface area contributed by atoms with Gasteiger partial charge in [0.15, 0.2) is 11.5 Å². The molecule has 0 amide bonds. The highest BCUT2D eigenvalue weighted by molar-refractivity contribution is 5.94. The lowest BCUT2D eigenvalue weighted by Gasteiger charge is -2.15. The van der Waals surface area contributed by atoms with Crippen LogP contribution in [0.1, 0.15) is 27.0 Å². The van der Waals surface area contributed by atoms with Crippen molar-refractivity contribution in [3.8, 4) is 17.2 Å². The van der Waals surface area contributed by atoms with Gasteiger partial charge in [-0.2, -0.15) is 0 Å². The molecule has 0 bridgehead atoms. The number of aryl methyl sites for hydroxylation is 2. The van der Waals surface area contributed by atoms with E-state index in [0.717, 1.165) is 16.7 Å². The van der Waals surface area contributed by atoms with Crippen molar-refractivity contribution >= 4 is 5.97 Å². The number of carbonyl (C=O) groups excluding carboxylic acids is 1. The maximum absolute atomic E-state index is 12.4. The van der Waals surface area contributed by atoms with E-state index < -0.39 is 5.97 Å². The van der Waals surface area contributed by atoms with Gasteiger partial charge in [0.05, 0.1) is 21.3 Å². The number of esters is 1. The van der Waals surface area contributed by atoms with Crippen LogP contribution >= 0.6 is 0 Å². The van der Waals surface area contributed by atoms with E-state index >= 15 is 0 Å². The van der Waals surface area contributed by atoms with Crippen molar-refractivity contribution in [2.24, 2.45) is 0 Å². The van der Waals surface area contributed by atoms with Crippen molar-refractivity contribution in [3.05, 3.63) is 52.6 Å². The Hall–Kier alpha value is -2.69. The third-order valence-electron chi connectivity index (χ3n) is 3.58. The van der Waals surface area contributed by atoms with E-state index in [4.69, 9.17) is 18.9 Å². The number of hydrogen-bond acceptors (Lipinski definition) is 5. The number of rotatable bonds is 6. The van der Waals surface area contributed by atoms with Crippen LogP contribution in [0, 0.1) is 13.8 Å². The van der Waals surface area contributed by atoms with Gasteiger partial charge in [0.25, 0.3) is 0 Å². The lowest BCUT2D eigenvalue weighted by molar-refractivity contribution is 0.0468. The molecule has 0 aromatic heterocycles. The summed E-state index contributed by atoms with van der Waals surface area (Å²) in [6.07, 6.45) is 0. The van der Waals surface area contributed by atoms with Crippen molar-refractivity contribution in [2.75, 3.05) is 21.3 Å². The fourth-order valence-corrected chi connectivity index (χ4v) is 2.64. The van der Waals surface area contributed by atoms with Gasteiger partial charge in [-0.3, -0.25) is 0 Å². The maximum atomic E-state index is 12.4. The van der Waals surface area contributed by atoms with Crippen molar-refractivity contribution in [1.82, 2.24) is 0 Å². The van der Waals surface area contributed by atoms with Crippen LogP contribution in [0.15, 0.2) is 30.3 Å². The van der Waals surface area contributed by atoms with Crippen molar-refractivity contribution < 1.29 is 23.7 Å². The van der Waals surface area contributed by atoms with Gasteiger partial charge in [-0.25, -0.2) is 4.79 Å². The molecule has 2 aromatic carbocycles. The number of benzene rings is 2. The van der Waals surface area contributed by atoms with Gasteiger partial charge >= 0.3 is 5.97 Å². The molecular formula is C19H22O5. The highest BCUT2D eigenvalue weighted by atomic mass is 16.5. The third kappa shape index (κ3) is 3.79. The highest BCUT2D eigenvalue weighted by Gasteiger charge is 2.21. The summed E-state index contributed by atoms with van der Waals surface area (Å²) in [5, 5.41) is 0. The Morgan fingerprint density at radius 3 is 2.04 bits per heavy atom. The molecule has 0 unspecified atom stereocenters. The summed E-state index contributed by atoms with van der Waals surface area (Å²) < 4.78 is 21.2. The van der Waals surface area contributed by atoms with E-state index in [2.05, 4.69) is 6.07 Å². The largest absolute Gasteiger partial charge is 0.493 e. The molecule has 24 heavy (non-hydrogen) atoms. The average molecular weight is 330 g/mol. The quantitative estimate of drug-likeness (QED) is 0.756. The molecule has 2 aromatic rings. The van der Waals surface area contributed by atoms with Crippen LogP contribution in [0.25, 0.3) is 0 Å². The number of hydrogen-bond donors (Lipinski definition) is 0. The molecule has 0 spiro atoms. The van der Waals surface area contributed by atoms with Crippen molar-refractivity contribution in [2.45, 2.75) is 20.5 Å². The Morgan fingerprint density at radius 2 is 1.50 bits per heavy atom. The van der Waals surface area contributed by atoms with E-state index in [1.165, 1.54) is 21.3 Å². The molecule has 0 aliphatic carbocycles. The fourth-order valence-electron chi connectivity index (χ4n) is 2.64. The predicted molar refractivity (Wildman–Crippen MR) is 91.1 cm³/mol. The molecule has 5 nitrogen and oxygen atoms in total. The summed E-state index contributed by atoms with van der Waals surface area (Å²) in [5.74, 6) is 0.662. The molecule has 0 N–H and O–H groups in total. The first-order valence-electron chi connectivity index (χ1n) is 7.53. The number of methoxy groups -OCH3 is 3. The second-order valence-corrected chi connectivity index (χ2v) is 5.45. The molecule has 0 saturated heterocycles. The van der Waals surface area contributed by atoms with Crippen molar-refractivity contribution in [3.63, 3.8) is 0 Å². The first-order chi connectivity index (χ1) is 11.5. The molecule has 0 fully saturated rings. The van der Waals surface area contributed by atoms with Crippen LogP contribution in [0.5, 0.6) is 17.2 Å². The minimum atomic E-state index is -0.480. The molecule has 2 rings (SSSR count). The Bertz CT molecular complexity index is 717. The standard InChI is InChI=1S/C19H22O5/c1-12-8-13(2)10-14(9-12)11-24-19(20)15-6-7-16(21-3)18(23-5)17(15)22-4/h6-10H,11H2,1-5H3. The van der Waals surface area contributed by atoms with Gasteiger partial charge < -0.3 is 18.9 Å². The molecule has 0 saturated carbocycles. The summed E-state index contributed by atoms with van der Waals surface area (Å²) in [7, 11) is 4.48. The highest BCUT2D eigenvalue weighted by Crippen LogP contribution is 2.40. The molecule has 0 atom stereocenters. The van der Waals surface area contributed by atoms with E-state index in [9.17, 15) is 4.79 Å². The first kappa shape index (κ1) is 17.7. The number of carbonyl (C=O) groups is 1. The second kappa shape index (κ2) is 7.73. The van der Waals surface area contributed by atoms with E-state index in [1.54, 1.807) is 12.1 Å². The van der Waals surface area contributed by atoms with Crippen LogP contribution in [0.4, 0.5) is 0 Å². The average Bonchev–Trinajstić information content (AvgIpc) is 2.57. The van der Waals surface area contributed by atoms with E-state index in [1.807, 2.05) is 26.0 Å². The molecule has 0 heterocycles. The van der Waals surface area contributed by atoms with Crippen LogP contribution in [0.3, 0.4) is 0 Å². The maximum Gasteiger partial charge on any atom is 0.342 e. The monoisotopic (exact) mass is 330 g/mol. The topological polar surface area (TPSA) is 54.0 Å². The zero-order valence-electron chi connectivity index (χ0n) is 14.6. The van der Waals surface area contributed by atoms with Crippen LogP contribution in [-0.2, 0) is 11.3 Å². The molecular weight excluding hydrogens is 308 g/mol. The summed E-state index contributed by atoms with van der Waals surface area (Å²) in [5.41, 5.74) is 3.49. The molecule has 128 valence electrons. The molecule has 0 radical (unpaired) electrons. The molecule has 0 aliphatic rings. The minimum Gasteiger partial charge on any atom is -0.493 e. The molecule has 0 aliphatic heterocycles. The molecule has 5 heteroatoms. The zero-order valence-corrected chi connectivity index (χ0v) is 14.6. The fraction of sp³-hybridized carbons (Fsp3) is 0.316. The van der Waals surface area contributed by atoms with Gasteiger partial charge in [0.1, 0.15) is 12.2 Å². The lowest BCUT2D eigenvalue weighted by Crippen LogP contribution is -2.09. The summed E-state index contributed by atoms with van der Waals surface area (Å²) in [6.45, 7) is 4.21. The summed E-state index contributed by atoms with van der Waals surface area (Å²) in [4.78, 5) is 12.4. The minimum absolute atomic E-state index is 0.193. The van der Waals surface area contributed by atoms with Crippen LogP contribution in [-0.4, -0.2) is 27.3 Å². The predicted octanol–water partition coefficient (Wildman–Crippen LogP) is 3.69. The van der Waals surface area contributed by atoms with E-state index in [0.29, 0.717) is 22.8 Å². The van der Waals surface area contributed by atoms with E-state index in [-0.39, 0.29) is 6.61 Å².